The Bertz CT molecular complexity index is 404. The highest BCUT2D eigenvalue weighted by Gasteiger charge is 2.22. The molecule has 0 spiro atoms. The van der Waals surface area contributed by atoms with Gasteiger partial charge in [0, 0.05) is 22.1 Å². The van der Waals surface area contributed by atoms with Crippen LogP contribution < -0.4 is 11.1 Å². The minimum Gasteiger partial charge on any atom is -0.409 e. The summed E-state index contributed by atoms with van der Waals surface area (Å²) < 4.78 is 1.03. The average Bonchev–Trinajstić information content (AvgIpc) is 2.30. The van der Waals surface area contributed by atoms with Gasteiger partial charge in [0.25, 0.3) is 0 Å². The van der Waals surface area contributed by atoms with Gasteiger partial charge in [0.2, 0.25) is 0 Å². The SMILES string of the molecule is CC(C)(CCNc1ccccc1Br)C(N)=NO. The molecule has 1 aromatic carbocycles. The van der Waals surface area contributed by atoms with Crippen LogP contribution in [0.15, 0.2) is 33.9 Å². The van der Waals surface area contributed by atoms with Gasteiger partial charge in [-0.3, -0.25) is 0 Å². The second-order valence-electron chi connectivity index (χ2n) is 4.53. The number of benzene rings is 1. The molecule has 0 aliphatic rings. The van der Waals surface area contributed by atoms with Crippen LogP contribution in [-0.4, -0.2) is 17.6 Å². The fourth-order valence-electron chi connectivity index (χ4n) is 1.38. The largest absolute Gasteiger partial charge is 0.409 e. The number of hydrogen-bond donors (Lipinski definition) is 3. The number of para-hydroxylation sites is 1. The second-order valence-corrected chi connectivity index (χ2v) is 5.38. The third-order valence-corrected chi connectivity index (χ3v) is 3.43. The van der Waals surface area contributed by atoms with E-state index in [2.05, 4.69) is 26.4 Å². The molecule has 0 saturated heterocycles. The summed E-state index contributed by atoms with van der Waals surface area (Å²) in [6.45, 7) is 4.65. The van der Waals surface area contributed by atoms with E-state index in [4.69, 9.17) is 10.9 Å². The molecule has 0 aliphatic heterocycles. The molecule has 0 fully saturated rings. The van der Waals surface area contributed by atoms with Crippen LogP contribution in [0.3, 0.4) is 0 Å². The Morgan fingerprint density at radius 1 is 1.47 bits per heavy atom. The molecule has 4 nitrogen and oxygen atoms in total. The van der Waals surface area contributed by atoms with Gasteiger partial charge in [-0.2, -0.15) is 0 Å². The van der Waals surface area contributed by atoms with E-state index in [1.54, 1.807) is 0 Å². The lowest BCUT2D eigenvalue weighted by molar-refractivity contribution is 0.306. The summed E-state index contributed by atoms with van der Waals surface area (Å²) in [6, 6.07) is 7.93. The Balaban J connectivity index is 2.51. The maximum absolute atomic E-state index is 8.67. The highest BCUT2D eigenvalue weighted by molar-refractivity contribution is 9.10. The quantitative estimate of drug-likeness (QED) is 0.339. The van der Waals surface area contributed by atoms with Crippen molar-refractivity contribution in [3.8, 4) is 0 Å². The van der Waals surface area contributed by atoms with Gasteiger partial charge in [0.15, 0.2) is 0 Å². The number of rotatable bonds is 5. The van der Waals surface area contributed by atoms with E-state index in [9.17, 15) is 0 Å². The van der Waals surface area contributed by atoms with Gasteiger partial charge in [0.05, 0.1) is 0 Å². The number of nitrogens with one attached hydrogen (secondary N) is 1. The molecule has 5 heteroatoms. The molecular formula is C12H18BrN3O. The molecule has 0 amide bonds. The third kappa shape index (κ3) is 3.93. The monoisotopic (exact) mass is 299 g/mol. The summed E-state index contributed by atoms with van der Waals surface area (Å²) >= 11 is 3.47. The first-order chi connectivity index (χ1) is 7.97. The Morgan fingerprint density at radius 3 is 2.71 bits per heavy atom. The van der Waals surface area contributed by atoms with Crippen LogP contribution in [0.25, 0.3) is 0 Å². The summed E-state index contributed by atoms with van der Waals surface area (Å²) in [5.41, 5.74) is 6.35. The number of oxime groups is 1. The summed E-state index contributed by atoms with van der Waals surface area (Å²) in [7, 11) is 0. The van der Waals surface area contributed by atoms with Gasteiger partial charge in [-0.1, -0.05) is 31.1 Å². The molecule has 0 radical (unpaired) electrons. The normalized spacial score (nSPS) is 12.5. The van der Waals surface area contributed by atoms with Crippen LogP contribution in [0.2, 0.25) is 0 Å². The van der Waals surface area contributed by atoms with E-state index in [1.807, 2.05) is 38.1 Å². The van der Waals surface area contributed by atoms with Crippen molar-refractivity contribution in [2.24, 2.45) is 16.3 Å². The molecule has 0 unspecified atom stereocenters. The van der Waals surface area contributed by atoms with Gasteiger partial charge >= 0.3 is 0 Å². The minimum absolute atomic E-state index is 0.256. The van der Waals surface area contributed by atoms with Crippen LogP contribution in [0.5, 0.6) is 0 Å². The molecule has 0 aromatic heterocycles. The third-order valence-electron chi connectivity index (χ3n) is 2.74. The number of nitrogens with zero attached hydrogens (tertiary/aromatic N) is 1. The molecule has 1 aromatic rings. The highest BCUT2D eigenvalue weighted by Crippen LogP contribution is 2.24. The molecule has 94 valence electrons. The van der Waals surface area contributed by atoms with Crippen molar-refractivity contribution in [3.63, 3.8) is 0 Å². The van der Waals surface area contributed by atoms with Gasteiger partial charge in [-0.05, 0) is 34.5 Å². The summed E-state index contributed by atoms with van der Waals surface area (Å²) in [4.78, 5) is 0. The molecule has 0 heterocycles. The van der Waals surface area contributed by atoms with E-state index in [0.717, 1.165) is 23.1 Å². The van der Waals surface area contributed by atoms with Gasteiger partial charge in [-0.25, -0.2) is 0 Å². The zero-order chi connectivity index (χ0) is 12.9. The number of hydrogen-bond acceptors (Lipinski definition) is 3. The zero-order valence-electron chi connectivity index (χ0n) is 10.1. The van der Waals surface area contributed by atoms with Crippen molar-refractivity contribution in [3.05, 3.63) is 28.7 Å². The average molecular weight is 300 g/mol. The Hall–Kier alpha value is -1.23. The van der Waals surface area contributed by atoms with Gasteiger partial charge in [-0.15, -0.1) is 0 Å². The lowest BCUT2D eigenvalue weighted by Gasteiger charge is -2.23. The van der Waals surface area contributed by atoms with E-state index < -0.39 is 0 Å². The van der Waals surface area contributed by atoms with Crippen LogP contribution in [0.4, 0.5) is 5.69 Å². The number of halogens is 1. The molecular weight excluding hydrogens is 282 g/mol. The highest BCUT2D eigenvalue weighted by atomic mass is 79.9. The number of amidine groups is 1. The van der Waals surface area contributed by atoms with E-state index >= 15 is 0 Å². The smallest absolute Gasteiger partial charge is 0.144 e. The molecule has 0 bridgehead atoms. The summed E-state index contributed by atoms with van der Waals surface area (Å²) in [5.74, 6) is 0.256. The summed E-state index contributed by atoms with van der Waals surface area (Å²) in [6.07, 6.45) is 0.782. The first kappa shape index (κ1) is 13.8. The van der Waals surface area contributed by atoms with Crippen molar-refractivity contribution in [1.29, 1.82) is 0 Å². The van der Waals surface area contributed by atoms with Crippen molar-refractivity contribution < 1.29 is 5.21 Å². The zero-order valence-corrected chi connectivity index (χ0v) is 11.7. The van der Waals surface area contributed by atoms with Crippen molar-refractivity contribution in [2.45, 2.75) is 20.3 Å². The first-order valence-electron chi connectivity index (χ1n) is 5.44. The minimum atomic E-state index is -0.316. The second kappa shape index (κ2) is 5.91. The lowest BCUT2D eigenvalue weighted by atomic mass is 9.88. The van der Waals surface area contributed by atoms with Gasteiger partial charge < -0.3 is 16.3 Å². The first-order valence-corrected chi connectivity index (χ1v) is 6.23. The van der Waals surface area contributed by atoms with E-state index in [-0.39, 0.29) is 11.3 Å². The Labute approximate surface area is 110 Å². The van der Waals surface area contributed by atoms with E-state index in [0.29, 0.717) is 0 Å². The van der Waals surface area contributed by atoms with Crippen LogP contribution in [-0.2, 0) is 0 Å². The molecule has 4 N–H and O–H groups in total. The number of anilines is 1. The van der Waals surface area contributed by atoms with Gasteiger partial charge in [0.1, 0.15) is 5.84 Å². The number of nitrogens with two attached hydrogens (primary N) is 1. The maximum atomic E-state index is 8.67. The fourth-order valence-corrected chi connectivity index (χ4v) is 1.80. The molecule has 0 aliphatic carbocycles. The van der Waals surface area contributed by atoms with Crippen molar-refractivity contribution >= 4 is 27.5 Å². The fraction of sp³-hybridized carbons (Fsp3) is 0.417. The maximum Gasteiger partial charge on any atom is 0.144 e. The lowest BCUT2D eigenvalue weighted by Crippen LogP contribution is -2.33. The van der Waals surface area contributed by atoms with Crippen molar-refractivity contribution in [1.82, 2.24) is 0 Å². The predicted octanol–water partition coefficient (Wildman–Crippen LogP) is 3.02. The summed E-state index contributed by atoms with van der Waals surface area (Å²) in [5, 5.41) is 15.0. The topological polar surface area (TPSA) is 70.6 Å². The molecule has 1 rings (SSSR count). The van der Waals surface area contributed by atoms with E-state index in [1.165, 1.54) is 0 Å². The van der Waals surface area contributed by atoms with Crippen molar-refractivity contribution in [2.75, 3.05) is 11.9 Å². The molecule has 17 heavy (non-hydrogen) atoms. The van der Waals surface area contributed by atoms with Crippen LogP contribution in [0, 0.1) is 5.41 Å². The van der Waals surface area contributed by atoms with Crippen LogP contribution in [0.1, 0.15) is 20.3 Å². The standard InChI is InChI=1S/C12H18BrN3O/c1-12(2,11(14)16-17)7-8-15-10-6-4-3-5-9(10)13/h3-6,15,17H,7-8H2,1-2H3,(H2,14,16). The van der Waals surface area contributed by atoms with Crippen LogP contribution >= 0.6 is 15.9 Å². The Kier molecular flexibility index (Phi) is 4.81. The predicted molar refractivity (Wildman–Crippen MR) is 74.4 cm³/mol. The molecule has 0 saturated carbocycles. The molecule has 0 atom stereocenters. The Morgan fingerprint density at radius 2 is 2.12 bits per heavy atom.